The van der Waals surface area contributed by atoms with Crippen LogP contribution in [0.15, 0.2) is 24.3 Å². The van der Waals surface area contributed by atoms with E-state index in [1.165, 1.54) is 13.8 Å². The quantitative estimate of drug-likeness (QED) is 0.682. The third kappa shape index (κ3) is 6.38. The molecule has 0 bridgehead atoms. The van der Waals surface area contributed by atoms with Crippen LogP contribution in [-0.4, -0.2) is 35.5 Å². The van der Waals surface area contributed by atoms with Crippen LogP contribution in [0.5, 0.6) is 0 Å². The molecule has 1 aromatic carbocycles. The van der Waals surface area contributed by atoms with Crippen molar-refractivity contribution in [2.24, 2.45) is 11.3 Å². The molecule has 1 unspecified atom stereocenters. The molecule has 0 fully saturated rings. The molecule has 0 saturated heterocycles. The standard InChI is InChI=1S/C21H32N2O4/c1-13(2)16(18(25)22-12-21(6,7)19(26)27)23-17(24)14-8-10-15(11-9-14)20(3,4)5/h8-11,13,16H,12H2,1-7H3,(H,22,25)(H,23,24)(H,26,27). The maximum Gasteiger partial charge on any atom is 0.310 e. The number of benzene rings is 1. The Labute approximate surface area is 161 Å². The number of carboxylic acids is 1. The molecule has 0 aliphatic rings. The summed E-state index contributed by atoms with van der Waals surface area (Å²) in [7, 11) is 0. The second kappa shape index (κ2) is 8.55. The fraction of sp³-hybridized carbons (Fsp3) is 0.571. The van der Waals surface area contributed by atoms with E-state index in [2.05, 4.69) is 31.4 Å². The number of carbonyl (C=O) groups excluding carboxylic acids is 2. The molecule has 3 N–H and O–H groups in total. The van der Waals surface area contributed by atoms with Gasteiger partial charge in [-0.2, -0.15) is 0 Å². The number of hydrogen-bond donors (Lipinski definition) is 3. The summed E-state index contributed by atoms with van der Waals surface area (Å²) in [5.41, 5.74) is 0.511. The van der Waals surface area contributed by atoms with E-state index < -0.39 is 17.4 Å². The molecule has 6 nitrogen and oxygen atoms in total. The molecule has 1 rings (SSSR count). The molecule has 0 aliphatic carbocycles. The number of amides is 2. The Morgan fingerprint density at radius 1 is 1.00 bits per heavy atom. The number of nitrogens with one attached hydrogen (secondary N) is 2. The highest BCUT2D eigenvalue weighted by Crippen LogP contribution is 2.22. The van der Waals surface area contributed by atoms with Crippen molar-refractivity contribution in [3.63, 3.8) is 0 Å². The third-order valence-corrected chi connectivity index (χ3v) is 4.53. The fourth-order valence-electron chi connectivity index (χ4n) is 2.37. The number of carbonyl (C=O) groups is 3. The van der Waals surface area contributed by atoms with Crippen LogP contribution < -0.4 is 10.6 Å². The summed E-state index contributed by atoms with van der Waals surface area (Å²) in [4.78, 5) is 36.2. The number of rotatable bonds is 7. The van der Waals surface area contributed by atoms with Crippen LogP contribution in [0.2, 0.25) is 0 Å². The van der Waals surface area contributed by atoms with Crippen molar-refractivity contribution in [2.45, 2.75) is 59.9 Å². The lowest BCUT2D eigenvalue weighted by molar-refractivity contribution is -0.146. The van der Waals surface area contributed by atoms with Crippen molar-refractivity contribution in [1.29, 1.82) is 0 Å². The van der Waals surface area contributed by atoms with Crippen molar-refractivity contribution >= 4 is 17.8 Å². The first-order valence-corrected chi connectivity index (χ1v) is 9.18. The molecule has 0 heterocycles. The zero-order valence-corrected chi connectivity index (χ0v) is 17.3. The first-order chi connectivity index (χ1) is 12.3. The topological polar surface area (TPSA) is 95.5 Å². The maximum absolute atomic E-state index is 12.5. The Hall–Kier alpha value is -2.37. The van der Waals surface area contributed by atoms with Gasteiger partial charge in [-0.3, -0.25) is 14.4 Å². The van der Waals surface area contributed by atoms with E-state index in [1.807, 2.05) is 26.0 Å². The lowest BCUT2D eigenvalue weighted by Crippen LogP contribution is -2.52. The second-order valence-corrected chi connectivity index (χ2v) is 8.93. The summed E-state index contributed by atoms with van der Waals surface area (Å²) < 4.78 is 0. The molecular formula is C21H32N2O4. The van der Waals surface area contributed by atoms with Crippen molar-refractivity contribution in [3.8, 4) is 0 Å². The van der Waals surface area contributed by atoms with Crippen molar-refractivity contribution in [2.75, 3.05) is 6.54 Å². The first kappa shape index (κ1) is 22.7. The van der Waals surface area contributed by atoms with Crippen LogP contribution >= 0.6 is 0 Å². The van der Waals surface area contributed by atoms with Gasteiger partial charge in [0.15, 0.2) is 0 Å². The zero-order chi connectivity index (χ0) is 21.0. The van der Waals surface area contributed by atoms with E-state index in [0.29, 0.717) is 5.56 Å². The highest BCUT2D eigenvalue weighted by Gasteiger charge is 2.30. The number of hydrogen-bond acceptors (Lipinski definition) is 3. The first-order valence-electron chi connectivity index (χ1n) is 9.18. The summed E-state index contributed by atoms with van der Waals surface area (Å²) >= 11 is 0. The smallest absolute Gasteiger partial charge is 0.310 e. The van der Waals surface area contributed by atoms with E-state index in [0.717, 1.165) is 5.56 Å². The van der Waals surface area contributed by atoms with Crippen molar-refractivity contribution < 1.29 is 19.5 Å². The molecule has 27 heavy (non-hydrogen) atoms. The van der Waals surface area contributed by atoms with Crippen LogP contribution in [-0.2, 0) is 15.0 Å². The van der Waals surface area contributed by atoms with Gasteiger partial charge in [0, 0.05) is 12.1 Å². The predicted molar refractivity (Wildman–Crippen MR) is 106 cm³/mol. The summed E-state index contributed by atoms with van der Waals surface area (Å²) in [5, 5.41) is 14.5. The lowest BCUT2D eigenvalue weighted by Gasteiger charge is -2.25. The molecule has 0 spiro atoms. The summed E-state index contributed by atoms with van der Waals surface area (Å²) in [6.45, 7) is 13.0. The van der Waals surface area contributed by atoms with Gasteiger partial charge in [0.1, 0.15) is 6.04 Å². The Morgan fingerprint density at radius 3 is 1.93 bits per heavy atom. The number of carboxylic acid groups (broad SMARTS) is 1. The lowest BCUT2D eigenvalue weighted by atomic mass is 9.86. The monoisotopic (exact) mass is 376 g/mol. The van der Waals surface area contributed by atoms with Crippen molar-refractivity contribution in [3.05, 3.63) is 35.4 Å². The second-order valence-electron chi connectivity index (χ2n) is 8.93. The van der Waals surface area contributed by atoms with Crippen LogP contribution in [0.1, 0.15) is 64.4 Å². The predicted octanol–water partition coefficient (Wildman–Crippen LogP) is 2.97. The van der Waals surface area contributed by atoms with Crippen molar-refractivity contribution in [1.82, 2.24) is 10.6 Å². The fourth-order valence-corrected chi connectivity index (χ4v) is 2.37. The van der Waals surface area contributed by atoms with E-state index >= 15 is 0 Å². The summed E-state index contributed by atoms with van der Waals surface area (Å²) in [5.74, 6) is -1.86. The molecule has 0 aliphatic heterocycles. The van der Waals surface area contributed by atoms with Gasteiger partial charge in [0.2, 0.25) is 5.91 Å². The average Bonchev–Trinajstić information content (AvgIpc) is 2.56. The Kier molecular flexibility index (Phi) is 7.18. The largest absolute Gasteiger partial charge is 0.481 e. The molecule has 1 aromatic rings. The highest BCUT2D eigenvalue weighted by atomic mass is 16.4. The molecule has 2 amide bonds. The van der Waals surface area contributed by atoms with E-state index in [-0.39, 0.29) is 29.7 Å². The molecule has 0 aromatic heterocycles. The van der Waals surface area contributed by atoms with E-state index in [1.54, 1.807) is 12.1 Å². The Balaban J connectivity index is 2.83. The number of aliphatic carboxylic acids is 1. The van der Waals surface area contributed by atoms with Gasteiger partial charge in [-0.15, -0.1) is 0 Å². The molecule has 0 radical (unpaired) electrons. The van der Waals surface area contributed by atoms with Gasteiger partial charge in [-0.25, -0.2) is 0 Å². The molecule has 150 valence electrons. The zero-order valence-electron chi connectivity index (χ0n) is 17.3. The van der Waals surface area contributed by atoms with Crippen LogP contribution in [0.3, 0.4) is 0 Å². The molecular weight excluding hydrogens is 344 g/mol. The van der Waals surface area contributed by atoms with Gasteiger partial charge in [0.05, 0.1) is 5.41 Å². The minimum Gasteiger partial charge on any atom is -0.481 e. The normalized spacial score (nSPS) is 13.2. The van der Waals surface area contributed by atoms with Gasteiger partial charge in [-0.05, 0) is 42.9 Å². The molecule has 0 saturated carbocycles. The van der Waals surface area contributed by atoms with E-state index in [4.69, 9.17) is 5.11 Å². The molecule has 6 heteroatoms. The van der Waals surface area contributed by atoms with E-state index in [9.17, 15) is 14.4 Å². The van der Waals surface area contributed by atoms with Crippen LogP contribution in [0.4, 0.5) is 0 Å². The van der Waals surface area contributed by atoms with Gasteiger partial charge < -0.3 is 15.7 Å². The SMILES string of the molecule is CC(C)C(NC(=O)c1ccc(C(C)(C)C)cc1)C(=O)NCC(C)(C)C(=O)O. The third-order valence-electron chi connectivity index (χ3n) is 4.53. The molecule has 1 atom stereocenters. The average molecular weight is 376 g/mol. The minimum atomic E-state index is -1.08. The summed E-state index contributed by atoms with van der Waals surface area (Å²) in [6, 6.07) is 6.57. The van der Waals surface area contributed by atoms with Gasteiger partial charge in [-0.1, -0.05) is 46.8 Å². The summed E-state index contributed by atoms with van der Waals surface area (Å²) in [6.07, 6.45) is 0. The minimum absolute atomic E-state index is 0.00763. The Bertz CT molecular complexity index is 685. The van der Waals surface area contributed by atoms with Crippen LogP contribution in [0.25, 0.3) is 0 Å². The maximum atomic E-state index is 12.5. The van der Waals surface area contributed by atoms with Crippen LogP contribution in [0, 0.1) is 11.3 Å². The van der Waals surface area contributed by atoms with Gasteiger partial charge >= 0.3 is 5.97 Å². The highest BCUT2D eigenvalue weighted by molar-refractivity contribution is 5.97. The van der Waals surface area contributed by atoms with Gasteiger partial charge in [0.25, 0.3) is 5.91 Å². The Morgan fingerprint density at radius 2 is 1.52 bits per heavy atom.